The van der Waals surface area contributed by atoms with Crippen molar-refractivity contribution in [2.24, 2.45) is 12.8 Å². The number of nitrogens with zero attached hydrogens (tertiary/aromatic N) is 1. The molecule has 1 heterocycles. The molecule has 0 radical (unpaired) electrons. The molecule has 0 aliphatic carbocycles. The number of benzene rings is 1. The highest BCUT2D eigenvalue weighted by Gasteiger charge is 2.18. The van der Waals surface area contributed by atoms with E-state index in [4.69, 9.17) is 15.2 Å². The Morgan fingerprint density at radius 3 is 2.85 bits per heavy atom. The maximum atomic E-state index is 11.6. The van der Waals surface area contributed by atoms with Gasteiger partial charge in [0.1, 0.15) is 11.8 Å². The van der Waals surface area contributed by atoms with Crippen molar-refractivity contribution in [1.29, 1.82) is 0 Å². The third kappa shape index (κ3) is 2.63. The molecule has 2 aromatic rings. The van der Waals surface area contributed by atoms with Crippen LogP contribution >= 0.6 is 0 Å². The first kappa shape index (κ1) is 14.4. The van der Waals surface area contributed by atoms with Crippen molar-refractivity contribution in [2.45, 2.75) is 19.4 Å². The molecule has 0 fully saturated rings. The number of para-hydroxylation sites is 1. The summed E-state index contributed by atoms with van der Waals surface area (Å²) in [5, 5.41) is 1.05. The molecule has 2 N–H and O–H groups in total. The van der Waals surface area contributed by atoms with Crippen molar-refractivity contribution < 1.29 is 14.3 Å². The Labute approximate surface area is 118 Å². The summed E-state index contributed by atoms with van der Waals surface area (Å²) in [4.78, 5) is 11.6. The number of hydrogen-bond acceptors (Lipinski definition) is 4. The first-order valence-corrected chi connectivity index (χ1v) is 6.61. The molecule has 108 valence electrons. The van der Waals surface area contributed by atoms with E-state index in [0.29, 0.717) is 13.0 Å². The van der Waals surface area contributed by atoms with E-state index in [1.54, 1.807) is 14.0 Å². The van der Waals surface area contributed by atoms with Gasteiger partial charge in [-0.2, -0.15) is 0 Å². The summed E-state index contributed by atoms with van der Waals surface area (Å²) < 4.78 is 12.3. The van der Waals surface area contributed by atoms with Crippen LogP contribution in [-0.4, -0.2) is 30.3 Å². The molecule has 1 atom stereocenters. The van der Waals surface area contributed by atoms with Gasteiger partial charge in [-0.05, 0) is 18.6 Å². The summed E-state index contributed by atoms with van der Waals surface area (Å²) in [5.74, 6) is 0.438. The number of methoxy groups -OCH3 is 1. The molecule has 0 saturated carbocycles. The fraction of sp³-hybridized carbons (Fsp3) is 0.400. The van der Waals surface area contributed by atoms with Crippen molar-refractivity contribution in [3.63, 3.8) is 0 Å². The quantitative estimate of drug-likeness (QED) is 0.843. The summed E-state index contributed by atoms with van der Waals surface area (Å²) in [6, 6.07) is 5.20. The summed E-state index contributed by atoms with van der Waals surface area (Å²) in [5.41, 5.74) is 7.91. The van der Waals surface area contributed by atoms with E-state index in [9.17, 15) is 4.79 Å². The minimum absolute atomic E-state index is 0.343. The minimum atomic E-state index is -0.647. The highest BCUT2D eigenvalue weighted by atomic mass is 16.5. The predicted molar refractivity (Wildman–Crippen MR) is 77.8 cm³/mol. The zero-order valence-electron chi connectivity index (χ0n) is 12.1. The minimum Gasteiger partial charge on any atom is -0.495 e. The average Bonchev–Trinajstić information content (AvgIpc) is 2.76. The first-order valence-electron chi connectivity index (χ1n) is 6.61. The summed E-state index contributed by atoms with van der Waals surface area (Å²) in [6.07, 6.45) is 2.43. The lowest BCUT2D eigenvalue weighted by Gasteiger charge is -2.09. The molecule has 0 saturated heterocycles. The third-order valence-electron chi connectivity index (χ3n) is 3.30. The molecular formula is C15H20N2O3. The van der Waals surface area contributed by atoms with Crippen LogP contribution in [0.3, 0.4) is 0 Å². The van der Waals surface area contributed by atoms with E-state index in [1.165, 1.54) is 0 Å². The molecule has 0 amide bonds. The standard InChI is InChI=1S/C15H20N2O3/c1-4-20-15(18)12(16)8-10-9-17(2)14-11(10)6-5-7-13(14)19-3/h5-7,9,12H,4,8,16H2,1-3H3/t12-/m1/s1. The fourth-order valence-electron chi connectivity index (χ4n) is 2.41. The van der Waals surface area contributed by atoms with E-state index in [1.807, 2.05) is 36.0 Å². The van der Waals surface area contributed by atoms with Crippen LogP contribution in [-0.2, 0) is 23.0 Å². The maximum Gasteiger partial charge on any atom is 0.323 e. The number of aromatic nitrogens is 1. The number of nitrogens with two attached hydrogens (primary N) is 1. The van der Waals surface area contributed by atoms with Crippen molar-refractivity contribution in [1.82, 2.24) is 4.57 Å². The smallest absolute Gasteiger partial charge is 0.323 e. The van der Waals surface area contributed by atoms with Gasteiger partial charge in [0.2, 0.25) is 0 Å². The van der Waals surface area contributed by atoms with Gasteiger partial charge >= 0.3 is 5.97 Å². The largest absolute Gasteiger partial charge is 0.495 e. The average molecular weight is 276 g/mol. The van der Waals surface area contributed by atoms with Crippen LogP contribution in [0.2, 0.25) is 0 Å². The van der Waals surface area contributed by atoms with E-state index in [2.05, 4.69) is 0 Å². The molecule has 0 unspecified atom stereocenters. The van der Waals surface area contributed by atoms with Crippen LogP contribution in [0.4, 0.5) is 0 Å². The van der Waals surface area contributed by atoms with Gasteiger partial charge in [0.25, 0.3) is 0 Å². The molecule has 1 aromatic heterocycles. The topological polar surface area (TPSA) is 66.5 Å². The van der Waals surface area contributed by atoms with Crippen LogP contribution in [0.25, 0.3) is 10.9 Å². The van der Waals surface area contributed by atoms with Crippen molar-refractivity contribution in [3.8, 4) is 5.75 Å². The van der Waals surface area contributed by atoms with Gasteiger partial charge in [-0.15, -0.1) is 0 Å². The third-order valence-corrected chi connectivity index (χ3v) is 3.30. The normalized spacial score (nSPS) is 12.4. The van der Waals surface area contributed by atoms with Crippen LogP contribution in [0.5, 0.6) is 5.75 Å². The van der Waals surface area contributed by atoms with Gasteiger partial charge in [0.15, 0.2) is 0 Å². The molecule has 0 bridgehead atoms. The van der Waals surface area contributed by atoms with Crippen molar-refractivity contribution in [3.05, 3.63) is 30.0 Å². The molecule has 0 aliphatic heterocycles. The molecule has 1 aromatic carbocycles. The van der Waals surface area contributed by atoms with Crippen LogP contribution < -0.4 is 10.5 Å². The first-order chi connectivity index (χ1) is 9.58. The Kier molecular flexibility index (Phi) is 4.29. The highest BCUT2D eigenvalue weighted by Crippen LogP contribution is 2.29. The zero-order valence-corrected chi connectivity index (χ0v) is 12.1. The van der Waals surface area contributed by atoms with Gasteiger partial charge in [-0.25, -0.2) is 0 Å². The molecule has 5 heteroatoms. The maximum absolute atomic E-state index is 11.6. The number of esters is 1. The van der Waals surface area contributed by atoms with Crippen LogP contribution in [0, 0.1) is 0 Å². The van der Waals surface area contributed by atoms with Crippen LogP contribution in [0.1, 0.15) is 12.5 Å². The van der Waals surface area contributed by atoms with E-state index in [0.717, 1.165) is 22.2 Å². The summed E-state index contributed by atoms with van der Waals surface area (Å²) in [7, 11) is 3.59. The fourth-order valence-corrected chi connectivity index (χ4v) is 2.41. The number of ether oxygens (including phenoxy) is 2. The number of hydrogen-bond donors (Lipinski definition) is 1. The molecule has 5 nitrogen and oxygen atoms in total. The monoisotopic (exact) mass is 276 g/mol. The Balaban J connectivity index is 2.34. The van der Waals surface area contributed by atoms with Crippen molar-refractivity contribution >= 4 is 16.9 Å². The van der Waals surface area contributed by atoms with Gasteiger partial charge < -0.3 is 19.8 Å². The number of fused-ring (bicyclic) bond motifs is 1. The summed E-state index contributed by atoms with van der Waals surface area (Å²) in [6.45, 7) is 2.11. The molecule has 20 heavy (non-hydrogen) atoms. The van der Waals surface area contributed by atoms with Gasteiger partial charge in [-0.3, -0.25) is 4.79 Å². The van der Waals surface area contributed by atoms with E-state index >= 15 is 0 Å². The number of carbonyl (C=O) groups excluding carboxylic acids is 1. The second-order valence-electron chi connectivity index (χ2n) is 4.68. The molecule has 0 aliphatic rings. The van der Waals surface area contributed by atoms with E-state index < -0.39 is 6.04 Å². The van der Waals surface area contributed by atoms with E-state index in [-0.39, 0.29) is 5.97 Å². The molecular weight excluding hydrogens is 256 g/mol. The van der Waals surface area contributed by atoms with Gasteiger partial charge in [-0.1, -0.05) is 12.1 Å². The molecule has 0 spiro atoms. The second-order valence-corrected chi connectivity index (χ2v) is 4.68. The molecule has 2 rings (SSSR count). The van der Waals surface area contributed by atoms with Gasteiger partial charge in [0, 0.05) is 25.1 Å². The number of aryl methyl sites for hydroxylation is 1. The Morgan fingerprint density at radius 2 is 2.20 bits per heavy atom. The lowest BCUT2D eigenvalue weighted by atomic mass is 10.1. The Morgan fingerprint density at radius 1 is 1.45 bits per heavy atom. The van der Waals surface area contributed by atoms with Crippen LogP contribution in [0.15, 0.2) is 24.4 Å². The predicted octanol–water partition coefficient (Wildman–Crippen LogP) is 1.62. The second kappa shape index (κ2) is 5.96. The number of rotatable bonds is 5. The zero-order chi connectivity index (χ0) is 14.7. The van der Waals surface area contributed by atoms with Crippen molar-refractivity contribution in [2.75, 3.05) is 13.7 Å². The lowest BCUT2D eigenvalue weighted by molar-refractivity contribution is -0.144. The SMILES string of the molecule is CCOC(=O)[C@H](N)Cc1cn(C)c2c(OC)cccc12. The Bertz CT molecular complexity index is 619. The highest BCUT2D eigenvalue weighted by molar-refractivity contribution is 5.89. The van der Waals surface area contributed by atoms with Gasteiger partial charge in [0.05, 0.1) is 19.2 Å². The summed E-state index contributed by atoms with van der Waals surface area (Å²) >= 11 is 0. The lowest BCUT2D eigenvalue weighted by Crippen LogP contribution is -2.34. The Hall–Kier alpha value is -2.01. The number of carbonyl (C=O) groups is 1.